The first-order valence-electron chi connectivity index (χ1n) is 8.85. The zero-order valence-corrected chi connectivity index (χ0v) is 14.8. The van der Waals surface area contributed by atoms with E-state index < -0.39 is 0 Å². The van der Waals surface area contributed by atoms with Gasteiger partial charge in [0.15, 0.2) is 0 Å². The summed E-state index contributed by atoms with van der Waals surface area (Å²) in [6, 6.07) is 20.6. The average Bonchev–Trinajstić information content (AvgIpc) is 2.55. The normalized spacial score (nSPS) is 22.8. The number of hydrogen-bond acceptors (Lipinski definition) is 0. The molecule has 3 aliphatic carbocycles. The molecule has 0 radical (unpaired) electrons. The van der Waals surface area contributed by atoms with Crippen LogP contribution in [-0.2, 0) is 5.41 Å². The van der Waals surface area contributed by atoms with Crippen molar-refractivity contribution in [2.75, 3.05) is 0 Å². The highest BCUT2D eigenvalue weighted by Gasteiger charge is 2.50. The number of benzene rings is 3. The highest BCUT2D eigenvalue weighted by Crippen LogP contribution is 2.60. The molecular formula is C24H22. The molecule has 0 unspecified atom stereocenters. The fraction of sp³-hybridized carbons (Fsp3) is 0.250. The Bertz CT molecular complexity index is 953. The molecule has 0 aliphatic heterocycles. The molecule has 0 saturated carbocycles. The maximum atomic E-state index is 2.44. The van der Waals surface area contributed by atoms with Crippen LogP contribution in [0.4, 0.5) is 0 Å². The van der Waals surface area contributed by atoms with Crippen LogP contribution in [0.5, 0.6) is 0 Å². The first-order chi connectivity index (χ1) is 11.5. The van der Waals surface area contributed by atoms with E-state index in [2.05, 4.69) is 82.3 Å². The maximum absolute atomic E-state index is 2.44. The van der Waals surface area contributed by atoms with Gasteiger partial charge in [-0.15, -0.1) is 0 Å². The van der Waals surface area contributed by atoms with Gasteiger partial charge in [-0.1, -0.05) is 54.6 Å². The zero-order chi connectivity index (χ0) is 16.6. The third-order valence-corrected chi connectivity index (χ3v) is 6.38. The lowest BCUT2D eigenvalue weighted by Crippen LogP contribution is -2.41. The van der Waals surface area contributed by atoms with E-state index in [-0.39, 0.29) is 5.41 Å². The van der Waals surface area contributed by atoms with E-state index >= 15 is 0 Å². The van der Waals surface area contributed by atoms with Crippen LogP contribution in [0.15, 0.2) is 54.6 Å². The molecule has 0 amide bonds. The summed E-state index contributed by atoms with van der Waals surface area (Å²) >= 11 is 0. The Labute approximate surface area is 144 Å². The summed E-state index contributed by atoms with van der Waals surface area (Å²) in [6.45, 7) is 9.27. The Morgan fingerprint density at radius 3 is 1.75 bits per heavy atom. The number of rotatable bonds is 0. The smallest absolute Gasteiger partial charge is 0.0437 e. The number of aryl methyl sites for hydroxylation is 3. The third-order valence-electron chi connectivity index (χ3n) is 6.38. The van der Waals surface area contributed by atoms with Crippen LogP contribution in [-0.4, -0.2) is 0 Å². The van der Waals surface area contributed by atoms with Crippen LogP contribution in [0.1, 0.15) is 62.9 Å². The van der Waals surface area contributed by atoms with Crippen LogP contribution in [0.3, 0.4) is 0 Å². The molecule has 0 spiro atoms. The van der Waals surface area contributed by atoms with Gasteiger partial charge >= 0.3 is 0 Å². The average molecular weight is 310 g/mol. The monoisotopic (exact) mass is 310 g/mol. The van der Waals surface area contributed by atoms with Gasteiger partial charge in [-0.25, -0.2) is 0 Å². The summed E-state index contributed by atoms with van der Waals surface area (Å²) in [4.78, 5) is 0. The molecule has 0 fully saturated rings. The minimum atomic E-state index is -0.0442. The molecule has 0 N–H and O–H groups in total. The van der Waals surface area contributed by atoms with Crippen molar-refractivity contribution in [3.05, 3.63) is 105 Å². The summed E-state index contributed by atoms with van der Waals surface area (Å²) in [5, 5.41) is 0. The molecule has 6 rings (SSSR count). The van der Waals surface area contributed by atoms with E-state index in [9.17, 15) is 0 Å². The highest BCUT2D eigenvalue weighted by molar-refractivity contribution is 5.74. The van der Waals surface area contributed by atoms with Gasteiger partial charge in [0, 0.05) is 11.3 Å². The van der Waals surface area contributed by atoms with Gasteiger partial charge < -0.3 is 0 Å². The summed E-state index contributed by atoms with van der Waals surface area (Å²) in [5.74, 6) is 0.382. The van der Waals surface area contributed by atoms with Crippen molar-refractivity contribution >= 4 is 0 Å². The molecule has 3 aromatic carbocycles. The van der Waals surface area contributed by atoms with Crippen molar-refractivity contribution in [3.63, 3.8) is 0 Å². The molecule has 3 aliphatic rings. The lowest BCUT2D eigenvalue weighted by Gasteiger charge is -2.51. The Hall–Kier alpha value is -2.34. The first kappa shape index (κ1) is 14.0. The lowest BCUT2D eigenvalue weighted by atomic mass is 9.52. The summed E-state index contributed by atoms with van der Waals surface area (Å²) in [5.41, 5.74) is 13.4. The molecule has 0 aromatic heterocycles. The molecule has 0 heteroatoms. The van der Waals surface area contributed by atoms with Crippen molar-refractivity contribution < 1.29 is 0 Å². The Morgan fingerprint density at radius 1 is 0.667 bits per heavy atom. The molecule has 0 heterocycles. The maximum Gasteiger partial charge on any atom is 0.0437 e. The van der Waals surface area contributed by atoms with Gasteiger partial charge in [0.25, 0.3) is 0 Å². The van der Waals surface area contributed by atoms with Crippen molar-refractivity contribution in [1.29, 1.82) is 0 Å². The largest absolute Gasteiger partial charge is 0.0617 e. The standard InChI is InChI=1S/C24H22/c1-14-8-7-13-19-20(14)21-17-11-5-9-15(2)22(17)24(19,4)23-16(3)10-6-12-18(21)23/h5-13,21H,1-4H3. The Balaban J connectivity index is 2.03. The fourth-order valence-corrected chi connectivity index (χ4v) is 5.60. The first-order valence-corrected chi connectivity index (χ1v) is 8.85. The van der Waals surface area contributed by atoms with Gasteiger partial charge in [-0.3, -0.25) is 0 Å². The molecular weight excluding hydrogens is 288 g/mol. The van der Waals surface area contributed by atoms with E-state index in [1.807, 2.05) is 0 Å². The van der Waals surface area contributed by atoms with E-state index in [4.69, 9.17) is 0 Å². The molecule has 118 valence electrons. The second-order valence-corrected chi connectivity index (χ2v) is 7.67. The molecule has 0 saturated heterocycles. The van der Waals surface area contributed by atoms with Gasteiger partial charge in [0.05, 0.1) is 0 Å². The number of hydrogen-bond donors (Lipinski definition) is 0. The predicted molar refractivity (Wildman–Crippen MR) is 100 cm³/mol. The minimum Gasteiger partial charge on any atom is -0.0617 e. The fourth-order valence-electron chi connectivity index (χ4n) is 5.60. The van der Waals surface area contributed by atoms with E-state index in [0.717, 1.165) is 0 Å². The van der Waals surface area contributed by atoms with E-state index in [1.54, 1.807) is 0 Å². The molecule has 2 bridgehead atoms. The Kier molecular flexibility index (Phi) is 2.57. The van der Waals surface area contributed by atoms with Gasteiger partial charge in [0.2, 0.25) is 0 Å². The Morgan fingerprint density at radius 2 is 1.17 bits per heavy atom. The summed E-state index contributed by atoms with van der Waals surface area (Å²) in [6.07, 6.45) is 0. The second kappa shape index (κ2) is 4.39. The van der Waals surface area contributed by atoms with Crippen LogP contribution < -0.4 is 0 Å². The second-order valence-electron chi connectivity index (χ2n) is 7.67. The van der Waals surface area contributed by atoms with Crippen LogP contribution >= 0.6 is 0 Å². The molecule has 3 aromatic rings. The van der Waals surface area contributed by atoms with Crippen LogP contribution in [0.2, 0.25) is 0 Å². The molecule has 0 atom stereocenters. The van der Waals surface area contributed by atoms with E-state index in [1.165, 1.54) is 50.1 Å². The van der Waals surface area contributed by atoms with Gasteiger partial charge in [0.1, 0.15) is 0 Å². The highest BCUT2D eigenvalue weighted by atomic mass is 14.5. The van der Waals surface area contributed by atoms with Crippen molar-refractivity contribution in [3.8, 4) is 0 Å². The van der Waals surface area contributed by atoms with Crippen molar-refractivity contribution in [1.82, 2.24) is 0 Å². The zero-order valence-electron chi connectivity index (χ0n) is 14.8. The molecule has 0 nitrogen and oxygen atoms in total. The predicted octanol–water partition coefficient (Wildman–Crippen LogP) is 5.77. The third kappa shape index (κ3) is 1.41. The van der Waals surface area contributed by atoms with Crippen LogP contribution in [0.25, 0.3) is 0 Å². The van der Waals surface area contributed by atoms with Crippen LogP contribution in [0, 0.1) is 20.8 Å². The quantitative estimate of drug-likeness (QED) is 0.494. The molecule has 24 heavy (non-hydrogen) atoms. The topological polar surface area (TPSA) is 0 Å². The summed E-state index contributed by atoms with van der Waals surface area (Å²) < 4.78 is 0. The summed E-state index contributed by atoms with van der Waals surface area (Å²) in [7, 11) is 0. The van der Waals surface area contributed by atoms with Gasteiger partial charge in [-0.05, 0) is 77.8 Å². The SMILES string of the molecule is Cc1cccc2c1C1c3cccc(C)c3C2(C)c2c(C)cccc21. The lowest BCUT2D eigenvalue weighted by molar-refractivity contribution is 0.583. The van der Waals surface area contributed by atoms with E-state index in [0.29, 0.717) is 5.92 Å². The van der Waals surface area contributed by atoms with Crippen molar-refractivity contribution in [2.45, 2.75) is 39.0 Å². The van der Waals surface area contributed by atoms with Gasteiger partial charge in [-0.2, -0.15) is 0 Å². The minimum absolute atomic E-state index is 0.0442. The van der Waals surface area contributed by atoms with Crippen molar-refractivity contribution in [2.24, 2.45) is 0 Å².